The van der Waals surface area contributed by atoms with Crippen LogP contribution in [0, 0.1) is 20.8 Å². The number of benzene rings is 1. The molecule has 1 aromatic heterocycles. The SMILES string of the molecule is Cc1c(C)c2c(c(C)c1O)CCC(C)(C(=O)SCC([O-])=Nc1c[n+](N3CCN(C)CC3)no1)O2. The van der Waals surface area contributed by atoms with Crippen LogP contribution in [0.2, 0.25) is 0 Å². The van der Waals surface area contributed by atoms with E-state index in [0.29, 0.717) is 18.6 Å². The molecule has 1 fully saturated rings. The molecule has 1 saturated heterocycles. The highest BCUT2D eigenvalue weighted by Crippen LogP contribution is 2.44. The van der Waals surface area contributed by atoms with Gasteiger partial charge >= 0.3 is 5.88 Å². The van der Waals surface area contributed by atoms with Gasteiger partial charge in [0.05, 0.1) is 17.9 Å². The summed E-state index contributed by atoms with van der Waals surface area (Å²) in [7, 11) is 2.06. The normalized spacial score (nSPS) is 21.3. The van der Waals surface area contributed by atoms with Crippen molar-refractivity contribution >= 4 is 28.7 Å². The highest BCUT2D eigenvalue weighted by Gasteiger charge is 2.40. The molecule has 2 aliphatic rings. The zero-order chi connectivity index (χ0) is 24.6. The van der Waals surface area contributed by atoms with Crippen molar-refractivity contribution in [1.29, 1.82) is 0 Å². The molecule has 0 bridgehead atoms. The molecule has 11 heteroatoms. The summed E-state index contributed by atoms with van der Waals surface area (Å²) in [6.45, 7) is 10.7. The number of carbonyl (C=O) groups excluding carboxylic acids is 1. The summed E-state index contributed by atoms with van der Waals surface area (Å²) in [5, 5.41) is 28.4. The Morgan fingerprint density at radius 1 is 1.26 bits per heavy atom. The lowest BCUT2D eigenvalue weighted by molar-refractivity contribution is -0.759. The number of phenolic OH excluding ortho intramolecular Hbond substituents is 1. The van der Waals surface area contributed by atoms with Gasteiger partial charge < -0.3 is 19.8 Å². The van der Waals surface area contributed by atoms with Gasteiger partial charge in [0.1, 0.15) is 11.5 Å². The average Bonchev–Trinajstić information content (AvgIpc) is 3.28. The van der Waals surface area contributed by atoms with Crippen LogP contribution in [0.15, 0.2) is 15.7 Å². The number of rotatable bonds is 5. The number of phenols is 1. The van der Waals surface area contributed by atoms with Crippen molar-refractivity contribution in [3.05, 3.63) is 28.5 Å². The molecule has 0 aliphatic carbocycles. The van der Waals surface area contributed by atoms with Crippen LogP contribution in [0.4, 0.5) is 5.88 Å². The van der Waals surface area contributed by atoms with E-state index < -0.39 is 11.5 Å². The van der Waals surface area contributed by atoms with Crippen molar-refractivity contribution in [1.82, 2.24) is 10.2 Å². The smallest absolute Gasteiger partial charge is 0.324 e. The first-order valence-corrected chi connectivity index (χ1v) is 12.3. The maximum absolute atomic E-state index is 13.0. The molecule has 1 aromatic carbocycles. The topological polar surface area (TPSA) is 118 Å². The third-order valence-corrected chi connectivity index (χ3v) is 7.81. The molecule has 0 saturated carbocycles. The fraction of sp³-hybridized carbons (Fsp3) is 0.565. The van der Waals surface area contributed by atoms with Gasteiger partial charge in [-0.05, 0) is 70.2 Å². The summed E-state index contributed by atoms with van der Waals surface area (Å²) in [5.41, 5.74) is 2.23. The Labute approximate surface area is 203 Å². The van der Waals surface area contributed by atoms with Crippen LogP contribution in [-0.2, 0) is 11.2 Å². The Hall–Kier alpha value is -2.79. The second-order valence-corrected chi connectivity index (χ2v) is 10.1. The van der Waals surface area contributed by atoms with Gasteiger partial charge in [0.2, 0.25) is 10.4 Å². The predicted molar refractivity (Wildman–Crippen MR) is 126 cm³/mol. The fourth-order valence-corrected chi connectivity index (χ4v) is 5.01. The van der Waals surface area contributed by atoms with E-state index in [9.17, 15) is 15.0 Å². The summed E-state index contributed by atoms with van der Waals surface area (Å²) in [4.78, 5) is 20.8. The number of thioether (sulfide) groups is 1. The molecule has 2 aliphatic heterocycles. The molecule has 34 heavy (non-hydrogen) atoms. The Morgan fingerprint density at radius 3 is 2.68 bits per heavy atom. The van der Waals surface area contributed by atoms with E-state index in [2.05, 4.69) is 22.2 Å². The second kappa shape index (κ2) is 9.46. The van der Waals surface area contributed by atoms with Gasteiger partial charge in [0, 0.05) is 24.4 Å². The van der Waals surface area contributed by atoms with E-state index in [0.717, 1.165) is 60.2 Å². The number of aromatic hydroxyl groups is 1. The zero-order valence-corrected chi connectivity index (χ0v) is 21.1. The van der Waals surface area contributed by atoms with E-state index in [1.165, 1.54) is 0 Å². The number of fused-ring (bicyclic) bond motifs is 1. The van der Waals surface area contributed by atoms with Gasteiger partial charge in [-0.15, -0.1) is 0 Å². The minimum Gasteiger partial charge on any atom is -0.861 e. The lowest BCUT2D eigenvalue weighted by Crippen LogP contribution is -2.64. The molecule has 1 N–H and O–H groups in total. The third kappa shape index (κ3) is 4.72. The first-order valence-electron chi connectivity index (χ1n) is 11.3. The Bertz CT molecular complexity index is 1130. The van der Waals surface area contributed by atoms with Gasteiger partial charge in [-0.1, -0.05) is 11.8 Å². The highest BCUT2D eigenvalue weighted by atomic mass is 32.2. The summed E-state index contributed by atoms with van der Waals surface area (Å²) in [5.74, 6) is 0.436. The van der Waals surface area contributed by atoms with E-state index in [1.807, 2.05) is 25.8 Å². The monoisotopic (exact) mass is 489 g/mol. The van der Waals surface area contributed by atoms with Crippen molar-refractivity contribution in [3.63, 3.8) is 0 Å². The minimum absolute atomic E-state index is 0.104. The Morgan fingerprint density at radius 2 is 1.97 bits per heavy atom. The molecule has 0 spiro atoms. The van der Waals surface area contributed by atoms with E-state index in [1.54, 1.807) is 17.9 Å². The molecule has 10 nitrogen and oxygen atoms in total. The first-order chi connectivity index (χ1) is 16.1. The maximum atomic E-state index is 13.0. The third-order valence-electron chi connectivity index (χ3n) is 6.73. The molecule has 2 aromatic rings. The summed E-state index contributed by atoms with van der Waals surface area (Å²) >= 11 is 0.895. The number of aromatic nitrogens is 2. The van der Waals surface area contributed by atoms with Crippen molar-refractivity contribution in [2.75, 3.05) is 44.0 Å². The van der Waals surface area contributed by atoms with Crippen molar-refractivity contribution < 1.29 is 29.1 Å². The number of ether oxygens (including phenoxy) is 1. The van der Waals surface area contributed by atoms with Crippen molar-refractivity contribution in [2.45, 2.75) is 46.1 Å². The number of hydrogen-bond donors (Lipinski definition) is 1. The molecule has 184 valence electrons. The molecule has 1 atom stereocenters. The number of likely N-dealkylation sites (N-methyl/N-ethyl adjacent to an activating group) is 1. The van der Waals surface area contributed by atoms with Gasteiger partial charge in [-0.25, -0.2) is 4.99 Å². The van der Waals surface area contributed by atoms with Gasteiger partial charge in [0.15, 0.2) is 5.60 Å². The van der Waals surface area contributed by atoms with Crippen LogP contribution in [0.5, 0.6) is 11.5 Å². The number of aliphatic imine (C=N–C) groups is 1. The molecule has 4 rings (SSSR count). The molecular formula is C23H31N5O5S. The summed E-state index contributed by atoms with van der Waals surface area (Å²) in [6, 6.07) is 0. The van der Waals surface area contributed by atoms with Crippen LogP contribution in [-0.4, -0.2) is 70.9 Å². The Kier molecular flexibility index (Phi) is 6.77. The average molecular weight is 490 g/mol. The van der Waals surface area contributed by atoms with E-state index in [4.69, 9.17) is 9.26 Å². The zero-order valence-electron chi connectivity index (χ0n) is 20.3. The highest BCUT2D eigenvalue weighted by molar-refractivity contribution is 8.14. The Balaban J connectivity index is 1.39. The van der Waals surface area contributed by atoms with Crippen LogP contribution < -0.4 is 19.6 Å². The number of piperazine rings is 1. The van der Waals surface area contributed by atoms with Gasteiger partial charge in [-0.2, -0.15) is 5.01 Å². The van der Waals surface area contributed by atoms with Crippen molar-refractivity contribution in [2.24, 2.45) is 4.99 Å². The molecule has 0 radical (unpaired) electrons. The fourth-order valence-electron chi connectivity index (χ4n) is 4.24. The predicted octanol–water partition coefficient (Wildman–Crippen LogP) is 0.910. The van der Waals surface area contributed by atoms with Gasteiger partial charge in [0.25, 0.3) is 6.20 Å². The summed E-state index contributed by atoms with van der Waals surface area (Å²) < 4.78 is 11.4. The lowest BCUT2D eigenvalue weighted by Gasteiger charge is -2.36. The second-order valence-electron chi connectivity index (χ2n) is 9.16. The molecule has 0 amide bonds. The standard InChI is InChI=1S/C23H31N5O5S/c1-14-15(2)21-17(16(3)20(14)30)6-7-23(4,32-21)22(31)34-13-18(29)24-19-12-28(25-33-19)27-10-8-26(5)9-11-27/h12H,6-11,13H2,1-5H3,(H-,24,25,29,30). The lowest BCUT2D eigenvalue weighted by atomic mass is 9.87. The number of nitrogens with zero attached hydrogens (tertiary/aromatic N) is 5. The number of carbonyl (C=O) groups is 1. The summed E-state index contributed by atoms with van der Waals surface area (Å²) in [6.07, 6.45) is 2.65. The van der Waals surface area contributed by atoms with Crippen LogP contribution in [0.25, 0.3) is 0 Å². The van der Waals surface area contributed by atoms with Crippen molar-refractivity contribution in [3.8, 4) is 11.5 Å². The molecule has 3 heterocycles. The largest absolute Gasteiger partial charge is 0.861 e. The first kappa shape index (κ1) is 24.3. The molecular weight excluding hydrogens is 458 g/mol. The van der Waals surface area contributed by atoms with Crippen LogP contribution in [0.1, 0.15) is 35.6 Å². The van der Waals surface area contributed by atoms with Crippen LogP contribution in [0.3, 0.4) is 0 Å². The quantitative estimate of drug-likeness (QED) is 0.371. The molecule has 1 unspecified atom stereocenters. The maximum Gasteiger partial charge on any atom is 0.324 e. The van der Waals surface area contributed by atoms with E-state index >= 15 is 0 Å². The number of hydrogen-bond acceptors (Lipinski definition) is 10. The van der Waals surface area contributed by atoms with Gasteiger partial charge in [-0.3, -0.25) is 9.32 Å². The van der Waals surface area contributed by atoms with E-state index in [-0.39, 0.29) is 22.5 Å². The minimum atomic E-state index is -1.06. The van der Waals surface area contributed by atoms with Crippen LogP contribution >= 0.6 is 11.8 Å².